The molecule has 0 unspecified atom stereocenters. The fourth-order valence-electron chi connectivity index (χ4n) is 5.39. The molecule has 0 saturated carbocycles. The Morgan fingerprint density at radius 2 is 1.41 bits per heavy atom. The fourth-order valence-corrected chi connectivity index (χ4v) is 5.39. The molecule has 0 spiro atoms. The van der Waals surface area contributed by atoms with Crippen LogP contribution in [0.4, 0.5) is 4.79 Å². The van der Waals surface area contributed by atoms with Gasteiger partial charge in [0.15, 0.2) is 5.78 Å². The predicted molar refractivity (Wildman–Crippen MR) is 159 cm³/mol. The Balaban J connectivity index is 1.39. The van der Waals surface area contributed by atoms with Crippen molar-refractivity contribution in [2.45, 2.75) is 59.0 Å². The summed E-state index contributed by atoms with van der Waals surface area (Å²) >= 11 is 0. The second-order valence-corrected chi connectivity index (χ2v) is 11.7. The maximum atomic E-state index is 12.4. The summed E-state index contributed by atoms with van der Waals surface area (Å²) in [6.07, 6.45) is 1.62. The van der Waals surface area contributed by atoms with E-state index in [1.807, 2.05) is 37.8 Å². The molecule has 1 heterocycles. The van der Waals surface area contributed by atoms with Gasteiger partial charge in [0.05, 0.1) is 0 Å². The van der Waals surface area contributed by atoms with Crippen molar-refractivity contribution < 1.29 is 14.3 Å². The van der Waals surface area contributed by atoms with Crippen molar-refractivity contribution in [1.29, 1.82) is 0 Å². The minimum Gasteiger partial charge on any atom is -0.444 e. The van der Waals surface area contributed by atoms with Crippen molar-refractivity contribution in [2.75, 3.05) is 13.1 Å². The SMILES string of the molecule is CC(=O)c1cc(-c2ccc(C3CCN(C(=O)OC(C)(C)C)CC3)cc2)c2ccc(-c3ccc(C)cc3)cc2c1. The highest BCUT2D eigenvalue weighted by atomic mass is 16.6. The molecule has 0 radical (unpaired) electrons. The van der Waals surface area contributed by atoms with Crippen LogP contribution in [0.25, 0.3) is 33.0 Å². The van der Waals surface area contributed by atoms with Crippen molar-refractivity contribution in [3.63, 3.8) is 0 Å². The Bertz CT molecular complexity index is 1500. The van der Waals surface area contributed by atoms with Crippen LogP contribution in [-0.4, -0.2) is 35.5 Å². The maximum Gasteiger partial charge on any atom is 0.410 e. The Morgan fingerprint density at radius 1 is 0.795 bits per heavy atom. The number of carbonyl (C=O) groups is 2. The topological polar surface area (TPSA) is 46.6 Å². The van der Waals surface area contributed by atoms with Crippen LogP contribution < -0.4 is 0 Å². The van der Waals surface area contributed by atoms with Gasteiger partial charge in [0.25, 0.3) is 0 Å². The van der Waals surface area contributed by atoms with Gasteiger partial charge in [-0.2, -0.15) is 0 Å². The summed E-state index contributed by atoms with van der Waals surface area (Å²) in [6.45, 7) is 10.8. The van der Waals surface area contributed by atoms with Gasteiger partial charge in [-0.05, 0) is 110 Å². The Hall–Kier alpha value is -3.92. The summed E-state index contributed by atoms with van der Waals surface area (Å²) in [5.41, 5.74) is 7.24. The zero-order chi connectivity index (χ0) is 27.7. The lowest BCUT2D eigenvalue weighted by Crippen LogP contribution is -2.41. The maximum absolute atomic E-state index is 12.4. The lowest BCUT2D eigenvalue weighted by Gasteiger charge is -2.33. The number of hydrogen-bond donors (Lipinski definition) is 0. The van der Waals surface area contributed by atoms with E-state index in [0.717, 1.165) is 45.9 Å². The minimum atomic E-state index is -0.476. The van der Waals surface area contributed by atoms with Gasteiger partial charge in [0.2, 0.25) is 0 Å². The first-order valence-electron chi connectivity index (χ1n) is 13.8. The Kier molecular flexibility index (Phi) is 7.31. The smallest absolute Gasteiger partial charge is 0.410 e. The van der Waals surface area contributed by atoms with Crippen molar-refractivity contribution >= 4 is 22.6 Å². The van der Waals surface area contributed by atoms with Crippen LogP contribution in [-0.2, 0) is 4.74 Å². The molecule has 4 heteroatoms. The van der Waals surface area contributed by atoms with Crippen LogP contribution >= 0.6 is 0 Å². The number of ether oxygens (including phenoxy) is 1. The number of aryl methyl sites for hydroxylation is 1. The van der Waals surface area contributed by atoms with E-state index in [2.05, 4.69) is 73.7 Å². The first-order valence-corrected chi connectivity index (χ1v) is 13.8. The number of likely N-dealkylation sites (tertiary alicyclic amines) is 1. The summed E-state index contributed by atoms with van der Waals surface area (Å²) in [5, 5.41) is 2.20. The summed E-state index contributed by atoms with van der Waals surface area (Å²) in [5.74, 6) is 0.474. The lowest BCUT2D eigenvalue weighted by molar-refractivity contribution is 0.0204. The Morgan fingerprint density at radius 3 is 2.03 bits per heavy atom. The fraction of sp³-hybridized carbons (Fsp3) is 0.314. The number of piperidine rings is 1. The van der Waals surface area contributed by atoms with Gasteiger partial charge in [-0.25, -0.2) is 4.79 Å². The van der Waals surface area contributed by atoms with Gasteiger partial charge in [0.1, 0.15) is 5.60 Å². The number of Topliss-reactive ketones (excluding diaryl/α,β-unsaturated/α-hetero) is 1. The molecule has 1 aliphatic heterocycles. The van der Waals surface area contributed by atoms with E-state index in [9.17, 15) is 9.59 Å². The third kappa shape index (κ3) is 6.06. The van der Waals surface area contributed by atoms with E-state index in [-0.39, 0.29) is 11.9 Å². The highest BCUT2D eigenvalue weighted by Crippen LogP contribution is 2.35. The molecule has 200 valence electrons. The molecule has 1 aliphatic rings. The van der Waals surface area contributed by atoms with Gasteiger partial charge in [-0.15, -0.1) is 0 Å². The molecule has 0 aromatic heterocycles. The standard InChI is InChI=1S/C35H37NO3/c1-23-6-8-26(9-7-23)29-14-15-32-31(20-29)21-30(24(2)37)22-33(32)28-12-10-25(11-13-28)27-16-18-36(19-17-27)34(38)39-35(3,4)5/h6-15,20-22,27H,16-19H2,1-5H3. The molecule has 39 heavy (non-hydrogen) atoms. The zero-order valence-electron chi connectivity index (χ0n) is 23.6. The van der Waals surface area contributed by atoms with Crippen LogP contribution in [0.15, 0.2) is 78.9 Å². The second kappa shape index (κ2) is 10.7. The third-order valence-corrected chi connectivity index (χ3v) is 7.58. The molecule has 0 bridgehead atoms. The largest absolute Gasteiger partial charge is 0.444 e. The van der Waals surface area contributed by atoms with Gasteiger partial charge < -0.3 is 9.64 Å². The number of carbonyl (C=O) groups excluding carboxylic acids is 2. The van der Waals surface area contributed by atoms with Crippen molar-refractivity contribution in [1.82, 2.24) is 4.90 Å². The van der Waals surface area contributed by atoms with Crippen LogP contribution in [0.5, 0.6) is 0 Å². The molecule has 0 aliphatic carbocycles. The van der Waals surface area contributed by atoms with Crippen LogP contribution in [0.2, 0.25) is 0 Å². The molecule has 1 amide bonds. The summed E-state index contributed by atoms with van der Waals surface area (Å²) in [6, 6.07) is 27.8. The molecule has 4 aromatic carbocycles. The minimum absolute atomic E-state index is 0.0623. The molecule has 1 saturated heterocycles. The quantitative estimate of drug-likeness (QED) is 0.253. The van der Waals surface area contributed by atoms with E-state index in [4.69, 9.17) is 4.74 Å². The summed E-state index contributed by atoms with van der Waals surface area (Å²) < 4.78 is 5.54. The molecule has 4 nitrogen and oxygen atoms in total. The molecule has 0 atom stereocenters. The number of benzene rings is 4. The van der Waals surface area contributed by atoms with Gasteiger partial charge in [-0.3, -0.25) is 4.79 Å². The lowest BCUT2D eigenvalue weighted by atomic mass is 9.87. The first-order chi connectivity index (χ1) is 18.6. The van der Waals surface area contributed by atoms with Gasteiger partial charge >= 0.3 is 6.09 Å². The van der Waals surface area contributed by atoms with Crippen molar-refractivity contribution in [3.8, 4) is 22.3 Å². The number of amides is 1. The molecule has 0 N–H and O–H groups in total. The van der Waals surface area contributed by atoms with Crippen LogP contribution in [0, 0.1) is 6.92 Å². The second-order valence-electron chi connectivity index (χ2n) is 11.7. The monoisotopic (exact) mass is 519 g/mol. The molecular formula is C35H37NO3. The highest BCUT2D eigenvalue weighted by Gasteiger charge is 2.27. The molecule has 1 fully saturated rings. The molecule has 5 rings (SSSR count). The van der Waals surface area contributed by atoms with Crippen LogP contribution in [0.3, 0.4) is 0 Å². The van der Waals surface area contributed by atoms with E-state index in [1.165, 1.54) is 16.7 Å². The number of hydrogen-bond acceptors (Lipinski definition) is 3. The number of ketones is 1. The number of fused-ring (bicyclic) bond motifs is 1. The van der Waals surface area contributed by atoms with Crippen molar-refractivity contribution in [3.05, 3.63) is 95.6 Å². The first kappa shape index (κ1) is 26.7. The van der Waals surface area contributed by atoms with Gasteiger partial charge in [0, 0.05) is 18.7 Å². The van der Waals surface area contributed by atoms with Crippen molar-refractivity contribution in [2.24, 2.45) is 0 Å². The van der Waals surface area contributed by atoms with E-state index in [0.29, 0.717) is 19.0 Å². The highest BCUT2D eigenvalue weighted by molar-refractivity contribution is 6.05. The third-order valence-electron chi connectivity index (χ3n) is 7.58. The average Bonchev–Trinajstić information content (AvgIpc) is 2.92. The predicted octanol–water partition coefficient (Wildman–Crippen LogP) is 8.80. The average molecular weight is 520 g/mol. The Labute approximate surface area is 231 Å². The number of rotatable bonds is 4. The van der Waals surface area contributed by atoms with Crippen LogP contribution in [0.1, 0.15) is 67.9 Å². The normalized spacial score (nSPS) is 14.4. The van der Waals surface area contributed by atoms with Gasteiger partial charge in [-0.1, -0.05) is 66.2 Å². The van der Waals surface area contributed by atoms with E-state index < -0.39 is 5.60 Å². The molecular weight excluding hydrogens is 482 g/mol. The summed E-state index contributed by atoms with van der Waals surface area (Å²) in [7, 11) is 0. The van der Waals surface area contributed by atoms with E-state index in [1.54, 1.807) is 6.92 Å². The summed E-state index contributed by atoms with van der Waals surface area (Å²) in [4.78, 5) is 26.7. The zero-order valence-corrected chi connectivity index (χ0v) is 23.6. The number of nitrogens with zero attached hydrogens (tertiary/aromatic N) is 1. The van der Waals surface area contributed by atoms with E-state index >= 15 is 0 Å². The molecule has 4 aromatic rings.